The Kier molecular flexibility index (Phi) is 6.07. The molecule has 0 atom stereocenters. The number of nitrogens with one attached hydrogen (secondary N) is 2. The zero-order valence-corrected chi connectivity index (χ0v) is 18.4. The fourth-order valence-corrected chi connectivity index (χ4v) is 4.58. The molecule has 0 saturated carbocycles. The minimum absolute atomic E-state index is 0.0737. The minimum Gasteiger partial charge on any atom is -0.321 e. The molecule has 1 aliphatic rings. The first-order chi connectivity index (χ1) is 16.7. The largest absolute Gasteiger partial charge is 0.417 e. The van der Waals surface area contributed by atoms with E-state index >= 15 is 0 Å². The number of halogens is 7. The molecule has 13 heteroatoms. The van der Waals surface area contributed by atoms with E-state index in [9.17, 15) is 43.9 Å². The fourth-order valence-electron chi connectivity index (χ4n) is 3.49. The molecule has 0 aliphatic carbocycles. The quantitative estimate of drug-likeness (QED) is 0.314. The fraction of sp³-hybridized carbons (Fsp3) is 0.0870. The van der Waals surface area contributed by atoms with Crippen LogP contribution in [0.3, 0.4) is 0 Å². The summed E-state index contributed by atoms with van der Waals surface area (Å²) in [5, 5.41) is 2.36. The van der Waals surface area contributed by atoms with E-state index in [1.54, 1.807) is 0 Å². The van der Waals surface area contributed by atoms with Crippen molar-refractivity contribution in [2.24, 2.45) is 0 Å². The van der Waals surface area contributed by atoms with Gasteiger partial charge in [0.25, 0.3) is 15.9 Å². The summed E-state index contributed by atoms with van der Waals surface area (Å²) in [6.07, 6.45) is -8.87. The van der Waals surface area contributed by atoms with Gasteiger partial charge in [-0.1, -0.05) is 6.07 Å². The van der Waals surface area contributed by atoms with Gasteiger partial charge in [0.05, 0.1) is 16.0 Å². The highest BCUT2D eigenvalue weighted by atomic mass is 32.2. The van der Waals surface area contributed by atoms with Gasteiger partial charge in [0.1, 0.15) is 5.82 Å². The molecule has 1 aliphatic heterocycles. The maximum atomic E-state index is 14.3. The molecule has 0 saturated heterocycles. The molecular weight excluding hydrogens is 517 g/mol. The smallest absolute Gasteiger partial charge is 0.321 e. The van der Waals surface area contributed by atoms with Crippen LogP contribution >= 0.6 is 0 Å². The second kappa shape index (κ2) is 8.66. The predicted molar refractivity (Wildman–Crippen MR) is 117 cm³/mol. The highest BCUT2D eigenvalue weighted by Crippen LogP contribution is 2.39. The summed E-state index contributed by atoms with van der Waals surface area (Å²) >= 11 is 0. The number of carbonyl (C=O) groups is 1. The van der Waals surface area contributed by atoms with Crippen LogP contribution in [0.25, 0.3) is 11.6 Å². The number of anilines is 2. The lowest BCUT2D eigenvalue weighted by Gasteiger charge is -2.12. The molecule has 2 N–H and O–H groups in total. The zero-order valence-electron chi connectivity index (χ0n) is 17.6. The molecule has 0 unspecified atom stereocenters. The van der Waals surface area contributed by atoms with Crippen molar-refractivity contribution in [3.8, 4) is 0 Å². The van der Waals surface area contributed by atoms with Crippen LogP contribution in [0.5, 0.6) is 0 Å². The Morgan fingerprint density at radius 1 is 0.861 bits per heavy atom. The van der Waals surface area contributed by atoms with Crippen LogP contribution in [-0.4, -0.2) is 14.3 Å². The minimum atomic E-state index is -4.93. The summed E-state index contributed by atoms with van der Waals surface area (Å²) in [5.41, 5.74) is -3.85. The van der Waals surface area contributed by atoms with Gasteiger partial charge in [-0.3, -0.25) is 9.52 Å². The molecule has 0 spiro atoms. The Morgan fingerprint density at radius 2 is 1.53 bits per heavy atom. The van der Waals surface area contributed by atoms with Crippen molar-refractivity contribution in [3.63, 3.8) is 0 Å². The van der Waals surface area contributed by atoms with E-state index < -0.39 is 61.3 Å². The third-order valence-corrected chi connectivity index (χ3v) is 6.57. The molecule has 1 amide bonds. The highest BCUT2D eigenvalue weighted by molar-refractivity contribution is 7.92. The van der Waals surface area contributed by atoms with Gasteiger partial charge in [0, 0.05) is 28.1 Å². The predicted octanol–water partition coefficient (Wildman–Crippen LogP) is 6.16. The Labute approximate surface area is 199 Å². The van der Waals surface area contributed by atoms with Crippen LogP contribution in [0, 0.1) is 5.82 Å². The Hall–Kier alpha value is -3.87. The summed E-state index contributed by atoms with van der Waals surface area (Å²) in [7, 11) is -4.39. The third-order valence-electron chi connectivity index (χ3n) is 5.20. The number of amides is 1. The number of hydrogen-bond acceptors (Lipinski definition) is 3. The number of rotatable bonds is 4. The van der Waals surface area contributed by atoms with Crippen LogP contribution in [0.2, 0.25) is 0 Å². The number of fused-ring (bicyclic) bond motifs is 1. The van der Waals surface area contributed by atoms with Crippen molar-refractivity contribution >= 4 is 39.0 Å². The molecule has 3 aromatic rings. The second-order valence-corrected chi connectivity index (χ2v) is 9.28. The Balaban J connectivity index is 1.73. The van der Waals surface area contributed by atoms with E-state index in [0.29, 0.717) is 24.3 Å². The van der Waals surface area contributed by atoms with E-state index in [0.717, 1.165) is 36.4 Å². The first-order valence-electron chi connectivity index (χ1n) is 9.90. The summed E-state index contributed by atoms with van der Waals surface area (Å²) in [6, 6.07) is 8.69. The van der Waals surface area contributed by atoms with E-state index in [1.807, 2.05) is 0 Å². The molecule has 4 rings (SSSR count). The molecule has 0 aromatic heterocycles. The maximum Gasteiger partial charge on any atom is 0.417 e. The number of carbonyl (C=O) groups excluding carboxylic acids is 1. The van der Waals surface area contributed by atoms with Gasteiger partial charge in [0.15, 0.2) is 0 Å². The number of hydrogen-bond donors (Lipinski definition) is 2. The van der Waals surface area contributed by atoms with E-state index in [4.69, 9.17) is 0 Å². The molecule has 0 radical (unpaired) electrons. The molecule has 0 bridgehead atoms. The molecule has 5 nitrogen and oxygen atoms in total. The number of sulfonamides is 1. The van der Waals surface area contributed by atoms with Crippen LogP contribution < -0.4 is 10.0 Å². The number of benzene rings is 3. The first kappa shape index (κ1) is 25.2. The number of alkyl halides is 6. The highest BCUT2D eigenvalue weighted by Gasteiger charge is 2.35. The summed E-state index contributed by atoms with van der Waals surface area (Å²) in [6.45, 7) is 0. The lowest BCUT2D eigenvalue weighted by atomic mass is 10.00. The van der Waals surface area contributed by atoms with Crippen molar-refractivity contribution in [2.45, 2.75) is 17.2 Å². The van der Waals surface area contributed by atoms with Crippen LogP contribution in [0.1, 0.15) is 22.3 Å². The lowest BCUT2D eigenvalue weighted by Crippen LogP contribution is -2.13. The summed E-state index contributed by atoms with van der Waals surface area (Å²) in [4.78, 5) is 12.0. The van der Waals surface area contributed by atoms with Gasteiger partial charge >= 0.3 is 12.4 Å². The van der Waals surface area contributed by atoms with E-state index in [-0.39, 0.29) is 16.9 Å². The van der Waals surface area contributed by atoms with Crippen molar-refractivity contribution in [2.75, 3.05) is 10.0 Å². The summed E-state index contributed by atoms with van der Waals surface area (Å²) < 4.78 is 120. The standard InChI is InChI=1S/C23H13F7N2O3S/c24-19-3-1-2-18(23(28,29)30)17(19)11-16-15-10-14(8-9-20(15)31-21(16)33)36(34,35)32-13-6-4-12(5-7-13)22(25,26)27/h1-11,32H,(H,31,33). The Morgan fingerprint density at radius 3 is 2.14 bits per heavy atom. The van der Waals surface area contributed by atoms with Crippen molar-refractivity contribution in [1.29, 1.82) is 0 Å². The average Bonchev–Trinajstić information content (AvgIpc) is 3.08. The van der Waals surface area contributed by atoms with E-state index in [1.165, 1.54) is 6.07 Å². The van der Waals surface area contributed by atoms with Gasteiger partial charge in [-0.2, -0.15) is 26.3 Å². The van der Waals surface area contributed by atoms with Gasteiger partial charge in [-0.15, -0.1) is 0 Å². The molecule has 3 aromatic carbocycles. The molecular formula is C23H13F7N2O3S. The zero-order chi connectivity index (χ0) is 26.5. The van der Waals surface area contributed by atoms with Crippen LogP contribution in [0.15, 0.2) is 65.6 Å². The van der Waals surface area contributed by atoms with Crippen molar-refractivity contribution in [3.05, 3.63) is 88.7 Å². The molecule has 0 fully saturated rings. The topological polar surface area (TPSA) is 75.3 Å². The lowest BCUT2D eigenvalue weighted by molar-refractivity contribution is -0.138. The van der Waals surface area contributed by atoms with Crippen LogP contribution in [0.4, 0.5) is 42.1 Å². The normalized spacial score (nSPS) is 15.1. The maximum absolute atomic E-state index is 14.3. The molecule has 36 heavy (non-hydrogen) atoms. The Bertz CT molecular complexity index is 1490. The SMILES string of the molecule is O=C1Nc2ccc(S(=O)(=O)Nc3ccc(C(F)(F)F)cc3)cc2C1=Cc1c(F)cccc1C(F)(F)F. The monoisotopic (exact) mass is 530 g/mol. The van der Waals surface area contributed by atoms with E-state index in [2.05, 4.69) is 10.0 Å². The molecule has 1 heterocycles. The molecule has 188 valence electrons. The van der Waals surface area contributed by atoms with Gasteiger partial charge < -0.3 is 5.32 Å². The second-order valence-electron chi connectivity index (χ2n) is 7.60. The average molecular weight is 530 g/mol. The third kappa shape index (κ3) is 4.91. The van der Waals surface area contributed by atoms with Gasteiger partial charge in [-0.25, -0.2) is 12.8 Å². The first-order valence-corrected chi connectivity index (χ1v) is 11.4. The van der Waals surface area contributed by atoms with Crippen molar-refractivity contribution in [1.82, 2.24) is 0 Å². The van der Waals surface area contributed by atoms with Crippen LogP contribution in [-0.2, 0) is 27.2 Å². The van der Waals surface area contributed by atoms with Gasteiger partial charge in [-0.05, 0) is 60.7 Å². The van der Waals surface area contributed by atoms with Crippen molar-refractivity contribution < 1.29 is 43.9 Å². The van der Waals surface area contributed by atoms with Gasteiger partial charge in [0.2, 0.25) is 0 Å². The summed E-state index contributed by atoms with van der Waals surface area (Å²) in [5.74, 6) is -2.13.